The Balaban J connectivity index is 2.32. The third kappa shape index (κ3) is 3.04. The quantitative estimate of drug-likeness (QED) is 0.736. The predicted molar refractivity (Wildman–Crippen MR) is 79.4 cm³/mol. The summed E-state index contributed by atoms with van der Waals surface area (Å²) in [7, 11) is 0. The molecule has 1 fully saturated rings. The van der Waals surface area contributed by atoms with Crippen LogP contribution in [0.25, 0.3) is 0 Å². The minimum Gasteiger partial charge on any atom is -0.493 e. The van der Waals surface area contributed by atoms with E-state index in [2.05, 4.69) is 0 Å². The summed E-state index contributed by atoms with van der Waals surface area (Å²) in [6.07, 6.45) is 4.94. The third-order valence-electron chi connectivity index (χ3n) is 3.93. The molecule has 0 amide bonds. The molecule has 0 spiro atoms. The van der Waals surface area contributed by atoms with Gasteiger partial charge < -0.3 is 9.47 Å². The first kappa shape index (κ1) is 15.0. The lowest BCUT2D eigenvalue weighted by Gasteiger charge is -2.35. The standard InChI is InChI=1S/C17H24O3/c1-3-19-15-11-7-6-10-14(15)16(18)17(20-4-2)12-8-5-9-13-17/h6-7,10-11H,3-5,8-9,12-13H2,1-2H3. The Morgan fingerprint density at radius 1 is 1.10 bits per heavy atom. The van der Waals surface area contributed by atoms with Gasteiger partial charge in [-0.1, -0.05) is 31.4 Å². The Bertz CT molecular complexity index is 442. The normalized spacial score (nSPS) is 17.7. The Hall–Kier alpha value is -1.35. The zero-order chi connectivity index (χ0) is 14.4. The second-order valence-electron chi connectivity index (χ2n) is 5.25. The van der Waals surface area contributed by atoms with Gasteiger partial charge in [-0.15, -0.1) is 0 Å². The van der Waals surface area contributed by atoms with Crippen molar-refractivity contribution in [2.24, 2.45) is 0 Å². The molecule has 1 aromatic carbocycles. The van der Waals surface area contributed by atoms with E-state index >= 15 is 0 Å². The number of hydrogen-bond acceptors (Lipinski definition) is 3. The number of Topliss-reactive ketones (excluding diaryl/α,β-unsaturated/α-hetero) is 1. The topological polar surface area (TPSA) is 35.5 Å². The van der Waals surface area contributed by atoms with Crippen molar-refractivity contribution >= 4 is 5.78 Å². The van der Waals surface area contributed by atoms with Gasteiger partial charge in [-0.05, 0) is 38.8 Å². The van der Waals surface area contributed by atoms with Gasteiger partial charge in [-0.25, -0.2) is 0 Å². The molecule has 0 bridgehead atoms. The van der Waals surface area contributed by atoms with E-state index < -0.39 is 5.60 Å². The highest BCUT2D eigenvalue weighted by atomic mass is 16.5. The molecule has 1 aromatic rings. The maximum atomic E-state index is 13.0. The maximum absolute atomic E-state index is 13.0. The van der Waals surface area contributed by atoms with Crippen molar-refractivity contribution in [3.63, 3.8) is 0 Å². The van der Waals surface area contributed by atoms with E-state index in [4.69, 9.17) is 9.47 Å². The smallest absolute Gasteiger partial charge is 0.198 e. The van der Waals surface area contributed by atoms with Gasteiger partial charge in [0.1, 0.15) is 11.4 Å². The molecule has 3 heteroatoms. The van der Waals surface area contributed by atoms with Crippen LogP contribution in [0, 0.1) is 0 Å². The average Bonchev–Trinajstić information content (AvgIpc) is 2.49. The first-order valence-electron chi connectivity index (χ1n) is 7.64. The van der Waals surface area contributed by atoms with Crippen molar-refractivity contribution in [3.05, 3.63) is 29.8 Å². The molecule has 0 saturated heterocycles. The lowest BCUT2D eigenvalue weighted by molar-refractivity contribution is -0.0412. The van der Waals surface area contributed by atoms with Gasteiger partial charge in [0.25, 0.3) is 0 Å². The number of carbonyl (C=O) groups is 1. The van der Waals surface area contributed by atoms with Crippen LogP contribution in [0.2, 0.25) is 0 Å². The van der Waals surface area contributed by atoms with E-state index in [1.807, 2.05) is 38.1 Å². The lowest BCUT2D eigenvalue weighted by Crippen LogP contribution is -2.43. The molecular formula is C17H24O3. The molecule has 0 radical (unpaired) electrons. The van der Waals surface area contributed by atoms with Gasteiger partial charge in [0.2, 0.25) is 0 Å². The van der Waals surface area contributed by atoms with Crippen molar-refractivity contribution < 1.29 is 14.3 Å². The first-order valence-corrected chi connectivity index (χ1v) is 7.64. The Morgan fingerprint density at radius 3 is 2.45 bits per heavy atom. The Kier molecular flexibility index (Phi) is 5.18. The van der Waals surface area contributed by atoms with Crippen LogP contribution in [-0.4, -0.2) is 24.6 Å². The molecule has 0 N–H and O–H groups in total. The number of para-hydroxylation sites is 1. The minimum absolute atomic E-state index is 0.0862. The van der Waals surface area contributed by atoms with Crippen LogP contribution in [0.5, 0.6) is 5.75 Å². The van der Waals surface area contributed by atoms with Crippen LogP contribution in [0.15, 0.2) is 24.3 Å². The average molecular weight is 276 g/mol. The fourth-order valence-electron chi connectivity index (χ4n) is 3.02. The molecule has 3 nitrogen and oxygen atoms in total. The molecule has 0 unspecified atom stereocenters. The molecule has 110 valence electrons. The van der Waals surface area contributed by atoms with E-state index in [-0.39, 0.29) is 5.78 Å². The molecule has 1 saturated carbocycles. The fourth-order valence-corrected chi connectivity index (χ4v) is 3.02. The fraction of sp³-hybridized carbons (Fsp3) is 0.588. The summed E-state index contributed by atoms with van der Waals surface area (Å²) in [5.41, 5.74) is 0.0184. The summed E-state index contributed by atoms with van der Waals surface area (Å²) in [6.45, 7) is 5.02. The number of hydrogen-bond donors (Lipinski definition) is 0. The predicted octanol–water partition coefficient (Wildman–Crippen LogP) is 4.01. The third-order valence-corrected chi connectivity index (χ3v) is 3.93. The molecule has 1 aliphatic rings. The van der Waals surface area contributed by atoms with Crippen molar-refractivity contribution in [3.8, 4) is 5.75 Å². The van der Waals surface area contributed by atoms with E-state index in [1.54, 1.807) is 0 Å². The highest BCUT2D eigenvalue weighted by Crippen LogP contribution is 2.36. The molecule has 2 rings (SSSR count). The highest BCUT2D eigenvalue weighted by Gasteiger charge is 2.41. The van der Waals surface area contributed by atoms with Gasteiger partial charge >= 0.3 is 0 Å². The number of ketones is 1. The van der Waals surface area contributed by atoms with E-state index in [1.165, 1.54) is 6.42 Å². The number of carbonyl (C=O) groups excluding carboxylic acids is 1. The second-order valence-corrected chi connectivity index (χ2v) is 5.25. The maximum Gasteiger partial charge on any atom is 0.198 e. The van der Waals surface area contributed by atoms with Gasteiger partial charge in [-0.2, -0.15) is 0 Å². The Morgan fingerprint density at radius 2 is 1.80 bits per heavy atom. The molecule has 0 aliphatic heterocycles. The van der Waals surface area contributed by atoms with Crippen molar-refractivity contribution in [2.45, 2.75) is 51.6 Å². The zero-order valence-corrected chi connectivity index (χ0v) is 12.5. The van der Waals surface area contributed by atoms with E-state index in [0.29, 0.717) is 24.5 Å². The lowest BCUT2D eigenvalue weighted by atomic mass is 9.79. The minimum atomic E-state index is -0.639. The van der Waals surface area contributed by atoms with Crippen LogP contribution in [0.4, 0.5) is 0 Å². The van der Waals surface area contributed by atoms with E-state index in [0.717, 1.165) is 25.7 Å². The summed E-state index contributed by atoms with van der Waals surface area (Å²) in [6, 6.07) is 7.50. The number of rotatable bonds is 6. The van der Waals surface area contributed by atoms with E-state index in [9.17, 15) is 4.79 Å². The number of benzene rings is 1. The largest absolute Gasteiger partial charge is 0.493 e. The Labute approximate surface area is 121 Å². The van der Waals surface area contributed by atoms with Crippen molar-refractivity contribution in [2.75, 3.05) is 13.2 Å². The summed E-state index contributed by atoms with van der Waals surface area (Å²) in [5.74, 6) is 0.757. The molecule has 0 aromatic heterocycles. The summed E-state index contributed by atoms with van der Waals surface area (Å²) < 4.78 is 11.5. The van der Waals surface area contributed by atoms with Crippen LogP contribution in [0.3, 0.4) is 0 Å². The molecule has 20 heavy (non-hydrogen) atoms. The zero-order valence-electron chi connectivity index (χ0n) is 12.5. The van der Waals surface area contributed by atoms with Crippen molar-refractivity contribution in [1.82, 2.24) is 0 Å². The van der Waals surface area contributed by atoms with Crippen LogP contribution in [0.1, 0.15) is 56.3 Å². The molecule has 0 heterocycles. The summed E-state index contributed by atoms with van der Waals surface area (Å²) in [4.78, 5) is 13.0. The molecular weight excluding hydrogens is 252 g/mol. The van der Waals surface area contributed by atoms with Crippen LogP contribution in [-0.2, 0) is 4.74 Å². The molecule has 0 atom stereocenters. The SMILES string of the molecule is CCOc1ccccc1C(=O)C1(OCC)CCCCC1. The van der Waals surface area contributed by atoms with Crippen LogP contribution < -0.4 is 4.74 Å². The monoisotopic (exact) mass is 276 g/mol. The number of ether oxygens (including phenoxy) is 2. The summed E-state index contributed by atoms with van der Waals surface area (Å²) in [5, 5.41) is 0. The highest BCUT2D eigenvalue weighted by molar-refractivity contribution is 6.04. The van der Waals surface area contributed by atoms with Gasteiger partial charge in [0, 0.05) is 6.61 Å². The van der Waals surface area contributed by atoms with Crippen molar-refractivity contribution in [1.29, 1.82) is 0 Å². The van der Waals surface area contributed by atoms with Gasteiger partial charge in [0.15, 0.2) is 5.78 Å². The molecule has 1 aliphatic carbocycles. The van der Waals surface area contributed by atoms with Gasteiger partial charge in [-0.3, -0.25) is 4.79 Å². The summed E-state index contributed by atoms with van der Waals surface area (Å²) >= 11 is 0. The van der Waals surface area contributed by atoms with Gasteiger partial charge in [0.05, 0.1) is 12.2 Å². The first-order chi connectivity index (χ1) is 9.73. The van der Waals surface area contributed by atoms with Crippen LogP contribution >= 0.6 is 0 Å². The second kappa shape index (κ2) is 6.89.